The Morgan fingerprint density at radius 3 is 2.46 bits per heavy atom. The highest BCUT2D eigenvalue weighted by Crippen LogP contribution is 2.28. The van der Waals surface area contributed by atoms with Gasteiger partial charge in [-0.15, -0.1) is 0 Å². The summed E-state index contributed by atoms with van der Waals surface area (Å²) in [6.07, 6.45) is 3.10. The van der Waals surface area contributed by atoms with Crippen LogP contribution < -0.4 is 4.74 Å². The normalized spacial score (nSPS) is 14.1. The van der Waals surface area contributed by atoms with Crippen LogP contribution in [0.25, 0.3) is 6.08 Å². The molecule has 5 heteroatoms. The lowest BCUT2D eigenvalue weighted by Crippen LogP contribution is -2.32. The standard InChI is InChI=1S/C21H25NO3S/c1-16-12-17(2)14-20(13-16)25-11-10-22(3)26(23,24)21-9-8-18-6-4-5-7-19(18)15-21/h4-7,12-15H,8-11H2,1-3H3. The molecule has 138 valence electrons. The van der Waals surface area contributed by atoms with Gasteiger partial charge in [-0.25, -0.2) is 8.42 Å². The third kappa shape index (κ3) is 4.17. The Morgan fingerprint density at radius 2 is 1.73 bits per heavy atom. The molecule has 0 bridgehead atoms. The summed E-state index contributed by atoms with van der Waals surface area (Å²) in [5.41, 5.74) is 4.46. The second kappa shape index (κ2) is 7.64. The quantitative estimate of drug-likeness (QED) is 0.773. The first-order chi connectivity index (χ1) is 12.4. The summed E-state index contributed by atoms with van der Waals surface area (Å²) in [5, 5.41) is 0. The Morgan fingerprint density at radius 1 is 1.04 bits per heavy atom. The summed E-state index contributed by atoms with van der Waals surface area (Å²) in [6.45, 7) is 4.67. The molecule has 0 atom stereocenters. The van der Waals surface area contributed by atoms with Crippen LogP contribution in [0.15, 0.2) is 47.4 Å². The summed E-state index contributed by atoms with van der Waals surface area (Å²) in [5.74, 6) is 0.777. The van der Waals surface area contributed by atoms with E-state index < -0.39 is 10.0 Å². The van der Waals surface area contributed by atoms with E-state index in [0.717, 1.165) is 28.9 Å². The Labute approximate surface area is 156 Å². The van der Waals surface area contributed by atoms with Crippen LogP contribution in [-0.2, 0) is 16.4 Å². The minimum absolute atomic E-state index is 0.314. The van der Waals surface area contributed by atoms with Crippen LogP contribution in [0, 0.1) is 13.8 Å². The van der Waals surface area contributed by atoms with Gasteiger partial charge in [-0.1, -0.05) is 30.3 Å². The number of fused-ring (bicyclic) bond motifs is 1. The number of hydrogen-bond donors (Lipinski definition) is 0. The van der Waals surface area contributed by atoms with Crippen molar-refractivity contribution in [3.63, 3.8) is 0 Å². The molecule has 0 amide bonds. The van der Waals surface area contributed by atoms with Gasteiger partial charge in [-0.2, -0.15) is 4.31 Å². The molecule has 0 unspecified atom stereocenters. The van der Waals surface area contributed by atoms with E-state index in [-0.39, 0.29) is 0 Å². The van der Waals surface area contributed by atoms with E-state index in [1.807, 2.05) is 44.2 Å². The van der Waals surface area contributed by atoms with Crippen LogP contribution in [0.1, 0.15) is 28.7 Å². The molecule has 3 rings (SSSR count). The number of ether oxygens (including phenoxy) is 1. The van der Waals surface area contributed by atoms with Crippen molar-refractivity contribution in [2.24, 2.45) is 0 Å². The van der Waals surface area contributed by atoms with E-state index in [1.54, 1.807) is 13.1 Å². The maximum atomic E-state index is 12.8. The van der Waals surface area contributed by atoms with E-state index in [9.17, 15) is 8.42 Å². The van der Waals surface area contributed by atoms with E-state index in [2.05, 4.69) is 12.1 Å². The first-order valence-electron chi connectivity index (χ1n) is 8.82. The van der Waals surface area contributed by atoms with Gasteiger partial charge in [0.05, 0.1) is 4.91 Å². The van der Waals surface area contributed by atoms with Crippen molar-refractivity contribution in [3.05, 3.63) is 69.6 Å². The topological polar surface area (TPSA) is 46.6 Å². The van der Waals surface area contributed by atoms with Crippen LogP contribution in [0.5, 0.6) is 5.75 Å². The Balaban J connectivity index is 1.65. The van der Waals surface area contributed by atoms with Crippen LogP contribution in [0.4, 0.5) is 0 Å². The summed E-state index contributed by atoms with van der Waals surface area (Å²) in [7, 11) is -1.85. The molecule has 0 spiro atoms. The molecule has 0 N–H and O–H groups in total. The van der Waals surface area contributed by atoms with E-state index in [1.165, 1.54) is 9.87 Å². The predicted molar refractivity (Wildman–Crippen MR) is 106 cm³/mol. The zero-order chi connectivity index (χ0) is 18.7. The number of nitrogens with zero attached hydrogens (tertiary/aromatic N) is 1. The highest BCUT2D eigenvalue weighted by Gasteiger charge is 2.25. The minimum Gasteiger partial charge on any atom is -0.492 e. The molecule has 0 radical (unpaired) electrons. The van der Waals surface area contributed by atoms with Crippen molar-refractivity contribution >= 4 is 16.1 Å². The smallest absolute Gasteiger partial charge is 0.239 e. The van der Waals surface area contributed by atoms with E-state index >= 15 is 0 Å². The molecule has 0 saturated heterocycles. The molecule has 2 aromatic rings. The summed E-state index contributed by atoms with van der Waals surface area (Å²) in [4.78, 5) is 0.477. The van der Waals surface area contributed by atoms with Crippen molar-refractivity contribution in [3.8, 4) is 5.75 Å². The molecule has 0 heterocycles. The second-order valence-corrected chi connectivity index (χ2v) is 8.91. The monoisotopic (exact) mass is 371 g/mol. The second-order valence-electron chi connectivity index (χ2n) is 6.81. The van der Waals surface area contributed by atoms with Crippen LogP contribution in [-0.4, -0.2) is 32.9 Å². The third-order valence-corrected chi connectivity index (χ3v) is 6.61. The Hall–Kier alpha value is -2.11. The maximum Gasteiger partial charge on any atom is 0.239 e. The summed E-state index contributed by atoms with van der Waals surface area (Å²) < 4.78 is 32.8. The van der Waals surface area contributed by atoms with Gasteiger partial charge in [0.2, 0.25) is 10.0 Å². The number of likely N-dealkylation sites (N-methyl/N-ethyl adjacent to an activating group) is 1. The fraction of sp³-hybridized carbons (Fsp3) is 0.333. The van der Waals surface area contributed by atoms with Gasteiger partial charge in [-0.3, -0.25) is 0 Å². The van der Waals surface area contributed by atoms with Crippen LogP contribution >= 0.6 is 0 Å². The number of benzene rings is 2. The highest BCUT2D eigenvalue weighted by atomic mass is 32.2. The molecular weight excluding hydrogens is 346 g/mol. The van der Waals surface area contributed by atoms with Gasteiger partial charge < -0.3 is 4.74 Å². The Kier molecular flexibility index (Phi) is 5.49. The predicted octanol–water partition coefficient (Wildman–Crippen LogP) is 3.93. The lowest BCUT2D eigenvalue weighted by Gasteiger charge is -2.22. The van der Waals surface area contributed by atoms with Gasteiger partial charge in [0.25, 0.3) is 0 Å². The SMILES string of the molecule is Cc1cc(C)cc(OCCN(C)S(=O)(=O)C2=Cc3ccccc3CC2)c1. The average molecular weight is 372 g/mol. The first-order valence-corrected chi connectivity index (χ1v) is 10.3. The fourth-order valence-corrected chi connectivity index (χ4v) is 4.59. The van der Waals surface area contributed by atoms with Crippen molar-refractivity contribution in [1.82, 2.24) is 4.31 Å². The van der Waals surface area contributed by atoms with Gasteiger partial charge in [0.15, 0.2) is 0 Å². The molecule has 26 heavy (non-hydrogen) atoms. The molecule has 4 nitrogen and oxygen atoms in total. The maximum absolute atomic E-state index is 12.8. The number of aryl methyl sites for hydroxylation is 3. The molecule has 0 saturated carbocycles. The van der Waals surface area contributed by atoms with E-state index in [0.29, 0.717) is 24.5 Å². The van der Waals surface area contributed by atoms with Gasteiger partial charge in [-0.05, 0) is 67.2 Å². The number of rotatable bonds is 6. The molecule has 1 aliphatic carbocycles. The van der Waals surface area contributed by atoms with Crippen LogP contribution in [0.3, 0.4) is 0 Å². The zero-order valence-corrected chi connectivity index (χ0v) is 16.3. The molecule has 1 aliphatic rings. The van der Waals surface area contributed by atoms with Crippen molar-refractivity contribution in [1.29, 1.82) is 0 Å². The number of hydrogen-bond acceptors (Lipinski definition) is 3. The highest BCUT2D eigenvalue weighted by molar-refractivity contribution is 7.93. The van der Waals surface area contributed by atoms with Crippen molar-refractivity contribution < 1.29 is 13.2 Å². The van der Waals surface area contributed by atoms with Gasteiger partial charge >= 0.3 is 0 Å². The molecular formula is C21H25NO3S. The number of sulfonamides is 1. The van der Waals surface area contributed by atoms with Gasteiger partial charge in [0, 0.05) is 13.6 Å². The molecule has 2 aromatic carbocycles. The molecule has 0 fully saturated rings. The first kappa shape index (κ1) is 18.7. The lowest BCUT2D eigenvalue weighted by atomic mass is 9.98. The average Bonchev–Trinajstić information content (AvgIpc) is 2.60. The zero-order valence-electron chi connectivity index (χ0n) is 15.5. The van der Waals surface area contributed by atoms with Crippen molar-refractivity contribution in [2.45, 2.75) is 26.7 Å². The number of allylic oxidation sites excluding steroid dienone is 1. The summed E-state index contributed by atoms with van der Waals surface area (Å²) in [6, 6.07) is 13.9. The minimum atomic E-state index is -3.46. The molecule has 0 aromatic heterocycles. The Bertz CT molecular complexity index is 912. The third-order valence-electron chi connectivity index (χ3n) is 4.62. The van der Waals surface area contributed by atoms with E-state index in [4.69, 9.17) is 4.74 Å². The lowest BCUT2D eigenvalue weighted by molar-refractivity contribution is 0.287. The summed E-state index contributed by atoms with van der Waals surface area (Å²) >= 11 is 0. The largest absolute Gasteiger partial charge is 0.492 e. The van der Waals surface area contributed by atoms with Crippen molar-refractivity contribution in [2.75, 3.05) is 20.2 Å². The molecule has 0 aliphatic heterocycles. The van der Waals surface area contributed by atoms with Crippen LogP contribution in [0.2, 0.25) is 0 Å². The fourth-order valence-electron chi connectivity index (χ4n) is 3.24. The van der Waals surface area contributed by atoms with Gasteiger partial charge in [0.1, 0.15) is 12.4 Å².